The predicted octanol–water partition coefficient (Wildman–Crippen LogP) is 3.06. The van der Waals surface area contributed by atoms with Crippen LogP contribution in [0.25, 0.3) is 0 Å². The molecule has 6 nitrogen and oxygen atoms in total. The van der Waals surface area contributed by atoms with Gasteiger partial charge in [0.15, 0.2) is 5.75 Å². The maximum absolute atomic E-state index is 10.9. The second kappa shape index (κ2) is 5.79. The molecule has 2 rings (SSSR count). The van der Waals surface area contributed by atoms with Crippen LogP contribution in [0.1, 0.15) is 25.9 Å². The van der Waals surface area contributed by atoms with Gasteiger partial charge in [-0.25, -0.2) is 4.98 Å². The summed E-state index contributed by atoms with van der Waals surface area (Å²) in [7, 11) is 0. The number of rotatable bonds is 5. The Kier molecular flexibility index (Phi) is 4.09. The third-order valence-corrected chi connectivity index (χ3v) is 3.79. The number of nitrogens with zero attached hydrogens (tertiary/aromatic N) is 2. The van der Waals surface area contributed by atoms with Gasteiger partial charge >= 0.3 is 5.69 Å². The smallest absolute Gasteiger partial charge is 0.310 e. The van der Waals surface area contributed by atoms with Gasteiger partial charge < -0.3 is 4.74 Å². The first-order valence-electron chi connectivity index (χ1n) is 5.80. The Morgan fingerprint density at radius 3 is 2.75 bits per heavy atom. The molecule has 104 valence electrons. The van der Waals surface area contributed by atoms with E-state index in [-0.39, 0.29) is 18.0 Å². The number of nitro benzene ring substituents is 1. The van der Waals surface area contributed by atoms with E-state index in [0.717, 1.165) is 15.6 Å². The van der Waals surface area contributed by atoms with Gasteiger partial charge in [0.1, 0.15) is 17.9 Å². The van der Waals surface area contributed by atoms with Crippen molar-refractivity contribution in [3.63, 3.8) is 0 Å². The van der Waals surface area contributed by atoms with Crippen molar-refractivity contribution < 1.29 is 14.5 Å². The quantitative estimate of drug-likeness (QED) is 0.480. The third kappa shape index (κ3) is 3.00. The Morgan fingerprint density at radius 1 is 1.45 bits per heavy atom. The summed E-state index contributed by atoms with van der Waals surface area (Å²) in [6, 6.07) is 4.01. The summed E-state index contributed by atoms with van der Waals surface area (Å²) in [5.41, 5.74) is 1.09. The van der Waals surface area contributed by atoms with Gasteiger partial charge in [0.25, 0.3) is 0 Å². The second-order valence-electron chi connectivity index (χ2n) is 4.14. The summed E-state index contributed by atoms with van der Waals surface area (Å²) in [6.07, 6.45) is 0.619. The highest BCUT2D eigenvalue weighted by molar-refractivity contribution is 7.11. The van der Waals surface area contributed by atoms with E-state index in [1.807, 2.05) is 13.8 Å². The lowest BCUT2D eigenvalue weighted by atomic mass is 10.2. The summed E-state index contributed by atoms with van der Waals surface area (Å²) in [5.74, 6) is 0.0742. The fourth-order valence-electron chi connectivity index (χ4n) is 1.61. The van der Waals surface area contributed by atoms with Crippen LogP contribution in [-0.4, -0.2) is 16.2 Å². The van der Waals surface area contributed by atoms with Gasteiger partial charge in [-0.2, -0.15) is 0 Å². The average molecular weight is 292 g/mol. The molecule has 0 unspecified atom stereocenters. The van der Waals surface area contributed by atoms with Gasteiger partial charge in [-0.15, -0.1) is 11.3 Å². The molecule has 0 bridgehead atoms. The van der Waals surface area contributed by atoms with Crippen molar-refractivity contribution in [3.05, 3.63) is 49.5 Å². The number of aldehydes is 1. The lowest BCUT2D eigenvalue weighted by Crippen LogP contribution is -2.00. The molecule has 0 amide bonds. The van der Waals surface area contributed by atoms with E-state index in [4.69, 9.17) is 4.74 Å². The van der Waals surface area contributed by atoms with Crippen molar-refractivity contribution in [2.75, 3.05) is 0 Å². The van der Waals surface area contributed by atoms with Gasteiger partial charge in [-0.1, -0.05) is 0 Å². The molecule has 0 aliphatic heterocycles. The Balaban J connectivity index is 2.23. The molecule has 0 aliphatic carbocycles. The SMILES string of the molecule is Cc1nc(COc2cc(C=O)ccc2[N+](=O)[O-])sc1C. The fraction of sp³-hybridized carbons (Fsp3) is 0.231. The molecule has 0 N–H and O–H groups in total. The van der Waals surface area contributed by atoms with E-state index in [1.54, 1.807) is 0 Å². The van der Waals surface area contributed by atoms with E-state index in [2.05, 4.69) is 4.98 Å². The highest BCUT2D eigenvalue weighted by Gasteiger charge is 2.16. The molecule has 0 fully saturated rings. The Labute approximate surface area is 119 Å². The number of thiazole rings is 1. The van der Waals surface area contributed by atoms with Crippen LogP contribution in [-0.2, 0) is 6.61 Å². The number of aromatic nitrogens is 1. The van der Waals surface area contributed by atoms with Gasteiger partial charge in [-0.3, -0.25) is 14.9 Å². The molecular weight excluding hydrogens is 280 g/mol. The summed E-state index contributed by atoms with van der Waals surface area (Å²) in [4.78, 5) is 26.5. The Bertz CT molecular complexity index is 647. The van der Waals surface area contributed by atoms with Gasteiger partial charge in [-0.05, 0) is 26.0 Å². The van der Waals surface area contributed by atoms with Crippen molar-refractivity contribution in [3.8, 4) is 5.75 Å². The van der Waals surface area contributed by atoms with Crippen LogP contribution in [0.5, 0.6) is 5.75 Å². The molecule has 20 heavy (non-hydrogen) atoms. The number of ether oxygens (including phenoxy) is 1. The van der Waals surface area contributed by atoms with Crippen LogP contribution in [0.3, 0.4) is 0 Å². The molecule has 0 radical (unpaired) electrons. The standard InChI is InChI=1S/C13H12N2O4S/c1-8-9(2)20-13(14-8)7-19-12-5-10(6-16)3-4-11(12)15(17)18/h3-6H,7H2,1-2H3. The number of aryl methyl sites for hydroxylation is 2. The molecule has 1 heterocycles. The van der Waals surface area contributed by atoms with Crippen LogP contribution in [0, 0.1) is 24.0 Å². The minimum Gasteiger partial charge on any atom is -0.479 e. The molecule has 2 aromatic rings. The van der Waals surface area contributed by atoms with E-state index in [0.29, 0.717) is 11.8 Å². The maximum atomic E-state index is 10.9. The maximum Gasteiger partial charge on any atom is 0.310 e. The largest absolute Gasteiger partial charge is 0.479 e. The van der Waals surface area contributed by atoms with Crippen molar-refractivity contribution >= 4 is 23.3 Å². The van der Waals surface area contributed by atoms with Gasteiger partial charge in [0.05, 0.1) is 10.6 Å². The van der Waals surface area contributed by atoms with Crippen molar-refractivity contribution in [1.29, 1.82) is 0 Å². The topological polar surface area (TPSA) is 82.3 Å². The van der Waals surface area contributed by atoms with Crippen molar-refractivity contribution in [1.82, 2.24) is 4.98 Å². The minimum atomic E-state index is -0.539. The molecule has 0 aliphatic rings. The van der Waals surface area contributed by atoms with Crippen molar-refractivity contribution in [2.45, 2.75) is 20.5 Å². The van der Waals surface area contributed by atoms with E-state index in [1.165, 1.54) is 29.5 Å². The van der Waals surface area contributed by atoms with Crippen molar-refractivity contribution in [2.24, 2.45) is 0 Å². The van der Waals surface area contributed by atoms with Crippen LogP contribution >= 0.6 is 11.3 Å². The zero-order valence-corrected chi connectivity index (χ0v) is 11.8. The predicted molar refractivity (Wildman–Crippen MR) is 74.4 cm³/mol. The number of hydrogen-bond donors (Lipinski definition) is 0. The zero-order chi connectivity index (χ0) is 14.7. The second-order valence-corrected chi connectivity index (χ2v) is 5.43. The molecule has 1 aromatic heterocycles. The number of carbonyl (C=O) groups is 1. The average Bonchev–Trinajstić information content (AvgIpc) is 2.75. The third-order valence-electron chi connectivity index (χ3n) is 2.74. The molecule has 0 saturated carbocycles. The van der Waals surface area contributed by atoms with Crippen LogP contribution < -0.4 is 4.74 Å². The Hall–Kier alpha value is -2.28. The molecule has 7 heteroatoms. The lowest BCUT2D eigenvalue weighted by Gasteiger charge is -2.05. The van der Waals surface area contributed by atoms with Gasteiger partial charge in [0, 0.05) is 16.5 Å². The molecular formula is C13H12N2O4S. The molecule has 0 spiro atoms. The zero-order valence-electron chi connectivity index (χ0n) is 11.0. The summed E-state index contributed by atoms with van der Waals surface area (Å²) >= 11 is 1.48. The number of carbonyl (C=O) groups excluding carboxylic acids is 1. The first-order chi connectivity index (χ1) is 9.51. The first-order valence-corrected chi connectivity index (χ1v) is 6.62. The summed E-state index contributed by atoms with van der Waals surface area (Å²) in [5, 5.41) is 11.7. The summed E-state index contributed by atoms with van der Waals surface area (Å²) in [6.45, 7) is 3.99. The number of hydrogen-bond acceptors (Lipinski definition) is 6. The van der Waals surface area contributed by atoms with Crippen LogP contribution in [0.2, 0.25) is 0 Å². The summed E-state index contributed by atoms with van der Waals surface area (Å²) < 4.78 is 5.44. The highest BCUT2D eigenvalue weighted by Crippen LogP contribution is 2.29. The Morgan fingerprint density at radius 2 is 2.20 bits per heavy atom. The van der Waals surface area contributed by atoms with E-state index < -0.39 is 4.92 Å². The molecule has 0 saturated heterocycles. The molecule has 0 atom stereocenters. The van der Waals surface area contributed by atoms with Crippen LogP contribution in [0.4, 0.5) is 5.69 Å². The lowest BCUT2D eigenvalue weighted by molar-refractivity contribution is -0.385. The van der Waals surface area contributed by atoms with E-state index in [9.17, 15) is 14.9 Å². The molecule has 1 aromatic carbocycles. The van der Waals surface area contributed by atoms with Gasteiger partial charge in [0.2, 0.25) is 0 Å². The highest BCUT2D eigenvalue weighted by atomic mass is 32.1. The number of benzene rings is 1. The normalized spacial score (nSPS) is 10.3. The minimum absolute atomic E-state index is 0.0742. The first kappa shape index (κ1) is 14.1. The fourth-order valence-corrected chi connectivity index (χ4v) is 2.46. The van der Waals surface area contributed by atoms with Crippen LogP contribution in [0.15, 0.2) is 18.2 Å². The monoisotopic (exact) mass is 292 g/mol. The van der Waals surface area contributed by atoms with E-state index >= 15 is 0 Å². The number of nitro groups is 1.